The summed E-state index contributed by atoms with van der Waals surface area (Å²) in [6, 6.07) is 5.93. The molecule has 1 aromatic carbocycles. The van der Waals surface area contributed by atoms with Gasteiger partial charge in [0, 0.05) is 0 Å². The highest BCUT2D eigenvalue weighted by Gasteiger charge is 2.30. The molecule has 1 unspecified atom stereocenters. The van der Waals surface area contributed by atoms with E-state index in [2.05, 4.69) is 6.07 Å². The van der Waals surface area contributed by atoms with Gasteiger partial charge in [-0.1, -0.05) is 18.2 Å². The van der Waals surface area contributed by atoms with E-state index in [1.54, 1.807) is 6.92 Å². The number of Topliss-reactive ketones (excluding diaryl/α,β-unsaturated/α-hetero) is 1. The first kappa shape index (κ1) is 13.8. The first-order valence-electron chi connectivity index (χ1n) is 6.93. The Bertz CT molecular complexity index is 491. The van der Waals surface area contributed by atoms with Crippen molar-refractivity contribution in [3.05, 3.63) is 34.9 Å². The molecular formula is C16H20O3. The van der Waals surface area contributed by atoms with Gasteiger partial charge in [0.2, 0.25) is 0 Å². The summed E-state index contributed by atoms with van der Waals surface area (Å²) in [6.07, 6.45) is 4.30. The minimum Gasteiger partial charge on any atom is -0.465 e. The molecule has 2 rings (SSSR count). The number of ether oxygens (including phenoxy) is 1. The van der Waals surface area contributed by atoms with Crippen LogP contribution in [0.1, 0.15) is 49.3 Å². The predicted molar refractivity (Wildman–Crippen MR) is 73.1 cm³/mol. The number of benzene rings is 1. The van der Waals surface area contributed by atoms with Crippen LogP contribution in [-0.2, 0) is 27.2 Å². The summed E-state index contributed by atoms with van der Waals surface area (Å²) in [7, 11) is 0. The van der Waals surface area contributed by atoms with Crippen molar-refractivity contribution in [3.63, 3.8) is 0 Å². The Balaban J connectivity index is 2.42. The average Bonchev–Trinajstić information content (AvgIpc) is 2.39. The van der Waals surface area contributed by atoms with Gasteiger partial charge in [-0.05, 0) is 56.2 Å². The summed E-state index contributed by atoms with van der Waals surface area (Å²) < 4.78 is 5.05. The Morgan fingerprint density at radius 1 is 1.26 bits per heavy atom. The minimum atomic E-state index is -0.756. The third-order valence-electron chi connectivity index (χ3n) is 3.67. The lowest BCUT2D eigenvalue weighted by Gasteiger charge is -2.22. The quantitative estimate of drug-likeness (QED) is 0.617. The van der Waals surface area contributed by atoms with E-state index in [1.807, 2.05) is 12.1 Å². The van der Waals surface area contributed by atoms with Gasteiger partial charge in [0.1, 0.15) is 11.7 Å². The molecule has 1 aliphatic rings. The smallest absolute Gasteiger partial charge is 0.320 e. The van der Waals surface area contributed by atoms with Gasteiger partial charge in [-0.3, -0.25) is 9.59 Å². The van der Waals surface area contributed by atoms with E-state index in [9.17, 15) is 9.59 Å². The molecule has 0 N–H and O–H groups in total. The number of carbonyl (C=O) groups is 2. The Hall–Kier alpha value is -1.64. The number of aryl methyl sites for hydroxylation is 1. The van der Waals surface area contributed by atoms with Crippen molar-refractivity contribution in [3.8, 4) is 0 Å². The van der Waals surface area contributed by atoms with E-state index in [-0.39, 0.29) is 5.78 Å². The Morgan fingerprint density at radius 3 is 2.68 bits per heavy atom. The van der Waals surface area contributed by atoms with Crippen molar-refractivity contribution in [2.75, 3.05) is 6.61 Å². The van der Waals surface area contributed by atoms with E-state index >= 15 is 0 Å². The molecule has 102 valence electrons. The topological polar surface area (TPSA) is 43.4 Å². The van der Waals surface area contributed by atoms with Crippen LogP contribution in [0.3, 0.4) is 0 Å². The van der Waals surface area contributed by atoms with Gasteiger partial charge in [-0.25, -0.2) is 0 Å². The molecule has 0 saturated carbocycles. The molecule has 0 saturated heterocycles. The second kappa shape index (κ2) is 6.00. The molecule has 3 nitrogen and oxygen atoms in total. The lowest BCUT2D eigenvalue weighted by atomic mass is 9.82. The Morgan fingerprint density at radius 2 is 2.00 bits per heavy atom. The summed E-state index contributed by atoms with van der Waals surface area (Å²) in [4.78, 5) is 23.9. The van der Waals surface area contributed by atoms with Gasteiger partial charge in [0.15, 0.2) is 0 Å². The van der Waals surface area contributed by atoms with Crippen molar-refractivity contribution in [2.24, 2.45) is 0 Å². The highest BCUT2D eigenvalue weighted by atomic mass is 16.5. The fourth-order valence-electron chi connectivity index (χ4n) is 2.82. The van der Waals surface area contributed by atoms with E-state index < -0.39 is 11.9 Å². The zero-order valence-corrected chi connectivity index (χ0v) is 11.6. The second-order valence-corrected chi connectivity index (χ2v) is 4.99. The van der Waals surface area contributed by atoms with Gasteiger partial charge >= 0.3 is 5.97 Å². The fourth-order valence-corrected chi connectivity index (χ4v) is 2.82. The molecule has 1 aliphatic carbocycles. The van der Waals surface area contributed by atoms with E-state index in [0.29, 0.717) is 6.61 Å². The molecule has 0 aliphatic heterocycles. The molecule has 3 heteroatoms. The summed E-state index contributed by atoms with van der Waals surface area (Å²) in [5.74, 6) is -1.32. The zero-order chi connectivity index (χ0) is 13.8. The summed E-state index contributed by atoms with van der Waals surface area (Å²) >= 11 is 0. The second-order valence-electron chi connectivity index (χ2n) is 4.99. The van der Waals surface area contributed by atoms with Crippen molar-refractivity contribution >= 4 is 11.8 Å². The SMILES string of the molecule is CCOC(=O)C(C(C)=O)c1cccc2c1CCCC2. The first-order chi connectivity index (χ1) is 9.15. The highest BCUT2D eigenvalue weighted by molar-refractivity contribution is 6.03. The van der Waals surface area contributed by atoms with Crippen LogP contribution in [0.2, 0.25) is 0 Å². The number of hydrogen-bond acceptors (Lipinski definition) is 3. The maximum atomic E-state index is 12.0. The highest BCUT2D eigenvalue weighted by Crippen LogP contribution is 2.30. The average molecular weight is 260 g/mol. The Labute approximate surface area is 114 Å². The van der Waals surface area contributed by atoms with Gasteiger partial charge in [0.25, 0.3) is 0 Å². The largest absolute Gasteiger partial charge is 0.465 e. The zero-order valence-electron chi connectivity index (χ0n) is 11.6. The van der Waals surface area contributed by atoms with Crippen LogP contribution in [-0.4, -0.2) is 18.4 Å². The third kappa shape index (κ3) is 2.86. The molecule has 0 heterocycles. The first-order valence-corrected chi connectivity index (χ1v) is 6.93. The molecule has 0 radical (unpaired) electrons. The molecule has 0 spiro atoms. The van der Waals surface area contributed by atoms with Crippen LogP contribution in [0.5, 0.6) is 0 Å². The summed E-state index contributed by atoms with van der Waals surface area (Å²) in [5, 5.41) is 0. The molecular weight excluding hydrogens is 240 g/mol. The van der Waals surface area contributed by atoms with Crippen LogP contribution < -0.4 is 0 Å². The number of hydrogen-bond donors (Lipinski definition) is 0. The number of fused-ring (bicyclic) bond motifs is 1. The molecule has 0 amide bonds. The van der Waals surface area contributed by atoms with Crippen LogP contribution >= 0.6 is 0 Å². The third-order valence-corrected chi connectivity index (χ3v) is 3.67. The van der Waals surface area contributed by atoms with Crippen LogP contribution in [0.15, 0.2) is 18.2 Å². The monoisotopic (exact) mass is 260 g/mol. The lowest BCUT2D eigenvalue weighted by Crippen LogP contribution is -2.24. The number of rotatable bonds is 4. The van der Waals surface area contributed by atoms with Gasteiger partial charge in [0.05, 0.1) is 6.61 Å². The number of ketones is 1. The van der Waals surface area contributed by atoms with Gasteiger partial charge in [-0.2, -0.15) is 0 Å². The van der Waals surface area contributed by atoms with Gasteiger partial charge in [-0.15, -0.1) is 0 Å². The molecule has 1 aromatic rings. The predicted octanol–water partition coefficient (Wildman–Crippen LogP) is 2.80. The molecule has 0 fully saturated rings. The molecule has 19 heavy (non-hydrogen) atoms. The van der Waals surface area contributed by atoms with Gasteiger partial charge < -0.3 is 4.74 Å². The van der Waals surface area contributed by atoms with Crippen LogP contribution in [0.4, 0.5) is 0 Å². The lowest BCUT2D eigenvalue weighted by molar-refractivity contribution is -0.147. The maximum absolute atomic E-state index is 12.0. The standard InChI is InChI=1S/C16H20O3/c1-3-19-16(18)15(11(2)17)14-10-6-8-12-7-4-5-9-13(12)14/h6,8,10,15H,3-5,7,9H2,1-2H3. The minimum absolute atomic E-state index is 0.141. The normalized spacial score (nSPS) is 15.5. The summed E-state index contributed by atoms with van der Waals surface area (Å²) in [5.41, 5.74) is 3.31. The van der Waals surface area contributed by atoms with Crippen molar-refractivity contribution < 1.29 is 14.3 Å². The van der Waals surface area contributed by atoms with Crippen LogP contribution in [0, 0.1) is 0 Å². The van der Waals surface area contributed by atoms with Crippen molar-refractivity contribution in [1.82, 2.24) is 0 Å². The maximum Gasteiger partial charge on any atom is 0.320 e. The Kier molecular flexibility index (Phi) is 4.35. The van der Waals surface area contributed by atoms with Crippen molar-refractivity contribution in [1.29, 1.82) is 0 Å². The van der Waals surface area contributed by atoms with E-state index in [1.165, 1.54) is 24.5 Å². The molecule has 0 bridgehead atoms. The fraction of sp³-hybridized carbons (Fsp3) is 0.500. The molecule has 0 aromatic heterocycles. The summed E-state index contributed by atoms with van der Waals surface area (Å²) in [6.45, 7) is 3.52. The van der Waals surface area contributed by atoms with E-state index in [4.69, 9.17) is 4.74 Å². The van der Waals surface area contributed by atoms with E-state index in [0.717, 1.165) is 24.8 Å². The molecule has 1 atom stereocenters. The van der Waals surface area contributed by atoms with Crippen molar-refractivity contribution in [2.45, 2.75) is 45.4 Å². The number of esters is 1. The van der Waals surface area contributed by atoms with Crippen LogP contribution in [0.25, 0.3) is 0 Å². The number of carbonyl (C=O) groups excluding carboxylic acids is 2.